The van der Waals surface area contributed by atoms with Crippen LogP contribution in [0.4, 0.5) is 0 Å². The molecular weight excluding hydrogens is 480 g/mol. The summed E-state index contributed by atoms with van der Waals surface area (Å²) in [4.78, 5) is 5.21. The Kier molecular flexibility index (Phi) is 18.5. The summed E-state index contributed by atoms with van der Waals surface area (Å²) in [5, 5.41) is 0. The Labute approximate surface area is 258 Å². The molecule has 2 aliphatic rings. The topological polar surface area (TPSA) is 15.7 Å². The van der Waals surface area contributed by atoms with Gasteiger partial charge in [-0.2, -0.15) is 0 Å². The molecule has 206 valence electrons. The van der Waals surface area contributed by atoms with Crippen molar-refractivity contribution >= 4 is 0 Å². The molecule has 2 aromatic carbocycles. The van der Waals surface area contributed by atoms with E-state index in [4.69, 9.17) is 4.74 Å². The van der Waals surface area contributed by atoms with Gasteiger partial charge in [0.15, 0.2) is 0 Å². The van der Waals surface area contributed by atoms with E-state index >= 15 is 0 Å². The molecule has 0 amide bonds. The standard InChI is InChI=1S/C29H38N2O.2C2H6.Ar/c1-24(25(2)26-11-9-10-12-26)23-31-19-17-30(18-20-31)21-22-32-29(27-13-5-3-6-14-27)28-15-7-4-8-16-28;2*1-2;/h3-11,13-16,24-25,29H,12,17-23H2,1-2H3;2*1-2H3;. The van der Waals surface area contributed by atoms with Crippen LogP contribution in [0.15, 0.2) is 84.5 Å². The summed E-state index contributed by atoms with van der Waals surface area (Å²) in [7, 11) is 0. The minimum atomic E-state index is 0. The van der Waals surface area contributed by atoms with Gasteiger partial charge in [0.25, 0.3) is 0 Å². The SMILES string of the molecule is CC.CC.CC(CN1CCN(CCOC(c2ccccc2)c2ccccc2)CC1)C(C)C1=CC=CC1.[Ar]. The van der Waals surface area contributed by atoms with Crippen molar-refractivity contribution in [1.82, 2.24) is 9.80 Å². The van der Waals surface area contributed by atoms with Crippen LogP contribution < -0.4 is 0 Å². The molecule has 2 atom stereocenters. The first-order chi connectivity index (χ1) is 17.7. The van der Waals surface area contributed by atoms with Gasteiger partial charge in [0.1, 0.15) is 6.10 Å². The quantitative estimate of drug-likeness (QED) is 0.314. The molecule has 37 heavy (non-hydrogen) atoms. The molecule has 2 aromatic rings. The third kappa shape index (κ3) is 11.4. The van der Waals surface area contributed by atoms with Crippen molar-refractivity contribution in [2.45, 2.75) is 54.1 Å². The van der Waals surface area contributed by atoms with Gasteiger partial charge in [-0.15, -0.1) is 0 Å². The third-order valence-corrected chi connectivity index (χ3v) is 7.15. The maximum absolute atomic E-state index is 6.43. The van der Waals surface area contributed by atoms with Crippen molar-refractivity contribution in [3.63, 3.8) is 0 Å². The summed E-state index contributed by atoms with van der Waals surface area (Å²) in [6, 6.07) is 21.2. The predicted octanol–water partition coefficient (Wildman–Crippen LogP) is 7.62. The summed E-state index contributed by atoms with van der Waals surface area (Å²) in [5.74, 6) is 1.37. The zero-order chi connectivity index (χ0) is 26.2. The van der Waals surface area contributed by atoms with Crippen LogP contribution in [0, 0.1) is 49.6 Å². The van der Waals surface area contributed by atoms with Gasteiger partial charge >= 0.3 is 0 Å². The van der Waals surface area contributed by atoms with Crippen LogP contribution in [-0.4, -0.2) is 55.7 Å². The van der Waals surface area contributed by atoms with Crippen molar-refractivity contribution in [3.8, 4) is 0 Å². The van der Waals surface area contributed by atoms with Crippen LogP contribution in [0.2, 0.25) is 0 Å². The molecule has 4 heteroatoms. The summed E-state index contributed by atoms with van der Waals surface area (Å²) in [6.45, 7) is 20.4. The van der Waals surface area contributed by atoms with Crippen molar-refractivity contribution in [2.75, 3.05) is 45.9 Å². The third-order valence-electron chi connectivity index (χ3n) is 7.15. The molecule has 0 radical (unpaired) electrons. The van der Waals surface area contributed by atoms with E-state index in [0.717, 1.165) is 45.8 Å². The molecule has 0 saturated carbocycles. The first-order valence-electron chi connectivity index (χ1n) is 14.2. The summed E-state index contributed by atoms with van der Waals surface area (Å²) in [5.41, 5.74) is 4.04. The molecule has 2 unspecified atom stereocenters. The smallest absolute Gasteiger partial charge is 0.108 e. The number of ether oxygens (including phenoxy) is 1. The average Bonchev–Trinajstić information content (AvgIpc) is 3.50. The Hall–Kier alpha value is -0.940. The van der Waals surface area contributed by atoms with Gasteiger partial charge < -0.3 is 9.64 Å². The Morgan fingerprint density at radius 1 is 0.757 bits per heavy atom. The van der Waals surface area contributed by atoms with E-state index in [9.17, 15) is 0 Å². The van der Waals surface area contributed by atoms with Gasteiger partial charge in [-0.3, -0.25) is 4.90 Å². The molecule has 1 saturated heterocycles. The maximum atomic E-state index is 6.43. The summed E-state index contributed by atoms with van der Waals surface area (Å²) < 4.78 is 6.43. The number of nitrogens with zero attached hydrogens (tertiary/aromatic N) is 2. The van der Waals surface area contributed by atoms with Crippen molar-refractivity contribution in [1.29, 1.82) is 0 Å². The molecule has 1 heterocycles. The van der Waals surface area contributed by atoms with Crippen LogP contribution in [0.5, 0.6) is 0 Å². The minimum absolute atomic E-state index is 0. The number of rotatable bonds is 10. The summed E-state index contributed by atoms with van der Waals surface area (Å²) in [6.07, 6.45) is 7.95. The average molecular weight is 531 g/mol. The molecule has 3 nitrogen and oxygen atoms in total. The maximum Gasteiger partial charge on any atom is 0.108 e. The van der Waals surface area contributed by atoms with E-state index in [0.29, 0.717) is 11.8 Å². The van der Waals surface area contributed by atoms with Crippen molar-refractivity contribution in [3.05, 3.63) is 95.6 Å². The number of benzene rings is 2. The van der Waals surface area contributed by atoms with E-state index in [1.165, 1.54) is 17.7 Å². The number of hydrogen-bond acceptors (Lipinski definition) is 3. The number of allylic oxidation sites excluding steroid dienone is 4. The molecule has 1 aliphatic heterocycles. The van der Waals surface area contributed by atoms with Crippen molar-refractivity contribution in [2.24, 2.45) is 11.8 Å². The molecule has 1 aliphatic carbocycles. The zero-order valence-corrected chi connectivity index (χ0v) is 24.8. The van der Waals surface area contributed by atoms with Gasteiger partial charge in [-0.1, -0.05) is 126 Å². The van der Waals surface area contributed by atoms with E-state index in [2.05, 4.69) is 103 Å². The Morgan fingerprint density at radius 2 is 1.27 bits per heavy atom. The molecule has 0 aromatic heterocycles. The van der Waals surface area contributed by atoms with Crippen LogP contribution in [0.3, 0.4) is 0 Å². The van der Waals surface area contributed by atoms with Crippen LogP contribution in [-0.2, 0) is 4.74 Å². The van der Waals surface area contributed by atoms with Gasteiger partial charge in [-0.25, -0.2) is 0 Å². The molecule has 4 rings (SSSR count). The van der Waals surface area contributed by atoms with Crippen molar-refractivity contribution < 1.29 is 42.5 Å². The second-order valence-electron chi connectivity index (χ2n) is 9.35. The second kappa shape index (κ2) is 20.0. The van der Waals surface area contributed by atoms with Gasteiger partial charge in [0.2, 0.25) is 0 Å². The van der Waals surface area contributed by atoms with E-state index in [1.807, 2.05) is 27.7 Å². The first-order valence-corrected chi connectivity index (χ1v) is 14.2. The summed E-state index contributed by atoms with van der Waals surface area (Å²) >= 11 is 0. The van der Waals surface area contributed by atoms with E-state index in [1.54, 1.807) is 5.57 Å². The van der Waals surface area contributed by atoms with Crippen LogP contribution in [0.1, 0.15) is 65.2 Å². The molecule has 0 N–H and O–H groups in total. The van der Waals surface area contributed by atoms with Crippen LogP contribution >= 0.6 is 0 Å². The van der Waals surface area contributed by atoms with Crippen LogP contribution in [0.25, 0.3) is 0 Å². The Balaban J connectivity index is 0.00000131. The Bertz CT molecular complexity index is 836. The Morgan fingerprint density at radius 3 is 1.76 bits per heavy atom. The molecule has 0 spiro atoms. The van der Waals surface area contributed by atoms with Gasteiger partial charge in [0.05, 0.1) is 6.61 Å². The number of hydrogen-bond donors (Lipinski definition) is 0. The fourth-order valence-electron chi connectivity index (χ4n) is 4.87. The van der Waals surface area contributed by atoms with Gasteiger partial charge in [-0.05, 0) is 29.4 Å². The first kappa shape index (κ1) is 34.1. The molecular formula is C33H50ArN2O. The predicted molar refractivity (Wildman–Crippen MR) is 156 cm³/mol. The minimum Gasteiger partial charge on any atom is -0.367 e. The number of piperazine rings is 1. The monoisotopic (exact) mass is 530 g/mol. The fraction of sp³-hybridized carbons (Fsp3) is 0.515. The fourth-order valence-corrected chi connectivity index (χ4v) is 4.87. The molecule has 1 fully saturated rings. The normalized spacial score (nSPS) is 17.0. The second-order valence-corrected chi connectivity index (χ2v) is 9.35. The zero-order valence-electron chi connectivity index (χ0n) is 24.1. The van der Waals surface area contributed by atoms with E-state index in [-0.39, 0.29) is 43.8 Å². The van der Waals surface area contributed by atoms with Gasteiger partial charge in [0, 0.05) is 77.0 Å². The largest absolute Gasteiger partial charge is 0.367 e. The molecule has 0 bridgehead atoms. The van der Waals surface area contributed by atoms with E-state index < -0.39 is 0 Å².